The molecule has 2 aromatic carbocycles. The first-order valence-corrected chi connectivity index (χ1v) is 7.29. The Hall–Kier alpha value is -2.30. The monoisotopic (exact) mass is 332 g/mol. The van der Waals surface area contributed by atoms with Gasteiger partial charge in [0.25, 0.3) is 0 Å². The molecule has 0 spiro atoms. The Morgan fingerprint density at radius 3 is 2.30 bits per heavy atom. The third-order valence-corrected chi connectivity index (χ3v) is 3.38. The van der Waals surface area contributed by atoms with Crippen molar-refractivity contribution in [3.63, 3.8) is 0 Å². The van der Waals surface area contributed by atoms with E-state index < -0.39 is 0 Å². The molecule has 0 aliphatic rings. The second-order valence-corrected chi connectivity index (χ2v) is 5.09. The van der Waals surface area contributed by atoms with Gasteiger partial charge in [-0.25, -0.2) is 4.79 Å². The van der Waals surface area contributed by atoms with Gasteiger partial charge >= 0.3 is 5.97 Å². The molecular formula is C18H17ClO4. The first kappa shape index (κ1) is 17.1. The number of halogens is 1. The Balaban J connectivity index is 2.07. The molecule has 0 bridgehead atoms. The lowest BCUT2D eigenvalue weighted by Crippen LogP contribution is -2.00. The summed E-state index contributed by atoms with van der Waals surface area (Å²) < 4.78 is 14.8. The van der Waals surface area contributed by atoms with E-state index in [-0.39, 0.29) is 12.8 Å². The lowest BCUT2D eigenvalue weighted by atomic mass is 10.1. The normalized spacial score (nSPS) is 10.7. The van der Waals surface area contributed by atoms with Crippen LogP contribution in [0, 0.1) is 0 Å². The SMILES string of the molecule is COCOc1ccc(C=Cc2ccc(C(=O)OC)cc2)cc1Cl. The minimum Gasteiger partial charge on any atom is -0.466 e. The van der Waals surface area contributed by atoms with E-state index >= 15 is 0 Å². The maximum atomic E-state index is 11.4. The van der Waals surface area contributed by atoms with Gasteiger partial charge in [-0.3, -0.25) is 0 Å². The summed E-state index contributed by atoms with van der Waals surface area (Å²) in [5.74, 6) is 0.229. The molecular weight excluding hydrogens is 316 g/mol. The molecule has 120 valence electrons. The van der Waals surface area contributed by atoms with Crippen molar-refractivity contribution >= 4 is 29.7 Å². The summed E-state index contributed by atoms with van der Waals surface area (Å²) in [5, 5.41) is 0.519. The number of hydrogen-bond acceptors (Lipinski definition) is 4. The van der Waals surface area contributed by atoms with Crippen LogP contribution in [0.3, 0.4) is 0 Å². The van der Waals surface area contributed by atoms with E-state index in [0.717, 1.165) is 11.1 Å². The third kappa shape index (κ3) is 4.84. The molecule has 0 aliphatic heterocycles. The summed E-state index contributed by atoms with van der Waals surface area (Å²) in [5.41, 5.74) is 2.43. The Kier molecular flexibility index (Phi) is 6.20. The highest BCUT2D eigenvalue weighted by molar-refractivity contribution is 6.32. The lowest BCUT2D eigenvalue weighted by Gasteiger charge is -2.07. The minimum atomic E-state index is -0.348. The molecule has 0 radical (unpaired) electrons. The number of ether oxygens (including phenoxy) is 3. The van der Waals surface area contributed by atoms with Crippen LogP contribution in [0.1, 0.15) is 21.5 Å². The van der Waals surface area contributed by atoms with Crippen LogP contribution in [0.25, 0.3) is 12.2 Å². The second kappa shape index (κ2) is 8.36. The summed E-state index contributed by atoms with van der Waals surface area (Å²) in [6.07, 6.45) is 3.86. The van der Waals surface area contributed by atoms with Gasteiger partial charge in [0.2, 0.25) is 0 Å². The molecule has 0 atom stereocenters. The van der Waals surface area contributed by atoms with E-state index in [4.69, 9.17) is 21.1 Å². The van der Waals surface area contributed by atoms with Crippen molar-refractivity contribution in [1.29, 1.82) is 0 Å². The summed E-state index contributed by atoms with van der Waals surface area (Å²) >= 11 is 6.15. The molecule has 0 aromatic heterocycles. The van der Waals surface area contributed by atoms with Crippen LogP contribution in [-0.2, 0) is 9.47 Å². The fourth-order valence-corrected chi connectivity index (χ4v) is 2.14. The molecule has 2 rings (SSSR count). The minimum absolute atomic E-state index is 0.154. The molecule has 23 heavy (non-hydrogen) atoms. The van der Waals surface area contributed by atoms with Gasteiger partial charge in [0.15, 0.2) is 6.79 Å². The molecule has 0 fully saturated rings. The number of hydrogen-bond donors (Lipinski definition) is 0. The first-order chi connectivity index (χ1) is 11.1. The molecule has 2 aromatic rings. The summed E-state index contributed by atoms with van der Waals surface area (Å²) in [4.78, 5) is 11.4. The topological polar surface area (TPSA) is 44.8 Å². The van der Waals surface area contributed by atoms with Crippen LogP contribution in [-0.4, -0.2) is 27.0 Å². The van der Waals surface area contributed by atoms with Gasteiger partial charge in [0.1, 0.15) is 5.75 Å². The predicted octanol–water partition coefficient (Wildman–Crippen LogP) is 4.28. The van der Waals surface area contributed by atoms with E-state index in [1.165, 1.54) is 7.11 Å². The van der Waals surface area contributed by atoms with Crippen molar-refractivity contribution in [2.45, 2.75) is 0 Å². The maximum absolute atomic E-state index is 11.4. The average Bonchev–Trinajstić information content (AvgIpc) is 2.59. The van der Waals surface area contributed by atoms with Crippen molar-refractivity contribution in [3.8, 4) is 5.75 Å². The van der Waals surface area contributed by atoms with Gasteiger partial charge in [0.05, 0.1) is 17.7 Å². The van der Waals surface area contributed by atoms with Crippen molar-refractivity contribution < 1.29 is 19.0 Å². The molecule has 0 N–H and O–H groups in total. The smallest absolute Gasteiger partial charge is 0.337 e. The summed E-state index contributed by atoms with van der Waals surface area (Å²) in [6, 6.07) is 12.6. The highest BCUT2D eigenvalue weighted by Gasteiger charge is 2.04. The zero-order chi connectivity index (χ0) is 16.7. The first-order valence-electron chi connectivity index (χ1n) is 6.92. The Labute approximate surface area is 140 Å². The van der Waals surface area contributed by atoms with E-state index in [0.29, 0.717) is 16.3 Å². The Morgan fingerprint density at radius 2 is 1.70 bits per heavy atom. The molecule has 0 aliphatic carbocycles. The zero-order valence-corrected chi connectivity index (χ0v) is 13.7. The number of esters is 1. The second-order valence-electron chi connectivity index (χ2n) is 4.69. The highest BCUT2D eigenvalue weighted by Crippen LogP contribution is 2.26. The molecule has 5 heteroatoms. The van der Waals surface area contributed by atoms with E-state index in [1.807, 2.05) is 36.4 Å². The third-order valence-electron chi connectivity index (χ3n) is 3.09. The molecule has 0 saturated heterocycles. The van der Waals surface area contributed by atoms with Crippen LogP contribution in [0.2, 0.25) is 5.02 Å². The Morgan fingerprint density at radius 1 is 1.04 bits per heavy atom. The summed E-state index contributed by atoms with van der Waals surface area (Å²) in [6.45, 7) is 0.154. The number of benzene rings is 2. The van der Waals surface area contributed by atoms with Gasteiger partial charge in [-0.1, -0.05) is 42.0 Å². The van der Waals surface area contributed by atoms with E-state index in [2.05, 4.69) is 4.74 Å². The molecule has 0 amide bonds. The van der Waals surface area contributed by atoms with Crippen LogP contribution in [0.15, 0.2) is 42.5 Å². The van der Waals surface area contributed by atoms with E-state index in [1.54, 1.807) is 25.3 Å². The zero-order valence-electron chi connectivity index (χ0n) is 12.9. The fourth-order valence-electron chi connectivity index (χ4n) is 1.90. The van der Waals surface area contributed by atoms with Crippen molar-refractivity contribution in [1.82, 2.24) is 0 Å². The van der Waals surface area contributed by atoms with Crippen LogP contribution in [0.4, 0.5) is 0 Å². The quantitative estimate of drug-likeness (QED) is 0.450. The standard InChI is InChI=1S/C18H17ClO4/c1-21-12-23-17-10-7-14(11-16(17)19)4-3-13-5-8-15(9-6-13)18(20)22-2/h3-11H,12H2,1-2H3. The Bertz CT molecular complexity index is 693. The van der Waals surface area contributed by atoms with Crippen molar-refractivity contribution in [2.24, 2.45) is 0 Å². The number of carbonyl (C=O) groups excluding carboxylic acids is 1. The molecule has 0 heterocycles. The van der Waals surface area contributed by atoms with Gasteiger partial charge in [-0.2, -0.15) is 0 Å². The predicted molar refractivity (Wildman–Crippen MR) is 90.7 cm³/mol. The highest BCUT2D eigenvalue weighted by atomic mass is 35.5. The fraction of sp³-hybridized carbons (Fsp3) is 0.167. The molecule has 4 nitrogen and oxygen atoms in total. The van der Waals surface area contributed by atoms with Gasteiger partial charge in [-0.05, 0) is 35.4 Å². The van der Waals surface area contributed by atoms with Crippen molar-refractivity contribution in [3.05, 3.63) is 64.2 Å². The number of methoxy groups -OCH3 is 2. The average molecular weight is 333 g/mol. The largest absolute Gasteiger partial charge is 0.466 e. The number of carbonyl (C=O) groups is 1. The molecule has 0 saturated carbocycles. The van der Waals surface area contributed by atoms with Crippen LogP contribution < -0.4 is 4.74 Å². The lowest BCUT2D eigenvalue weighted by molar-refractivity contribution is 0.0512. The molecule has 0 unspecified atom stereocenters. The van der Waals surface area contributed by atoms with E-state index in [9.17, 15) is 4.79 Å². The summed E-state index contributed by atoms with van der Waals surface area (Å²) in [7, 11) is 2.91. The van der Waals surface area contributed by atoms with Gasteiger partial charge in [-0.15, -0.1) is 0 Å². The van der Waals surface area contributed by atoms with Crippen molar-refractivity contribution in [2.75, 3.05) is 21.0 Å². The maximum Gasteiger partial charge on any atom is 0.337 e. The van der Waals surface area contributed by atoms with Crippen LogP contribution in [0.5, 0.6) is 5.75 Å². The number of rotatable bonds is 6. The van der Waals surface area contributed by atoms with Gasteiger partial charge in [0, 0.05) is 7.11 Å². The van der Waals surface area contributed by atoms with Crippen LogP contribution >= 0.6 is 11.6 Å². The van der Waals surface area contributed by atoms with Gasteiger partial charge < -0.3 is 14.2 Å².